The third-order valence-corrected chi connectivity index (χ3v) is 3.10. The van der Waals surface area contributed by atoms with Gasteiger partial charge >= 0.3 is 0 Å². The first kappa shape index (κ1) is 12.6. The summed E-state index contributed by atoms with van der Waals surface area (Å²) in [6, 6.07) is 1.61. The molecule has 0 N–H and O–H groups in total. The number of hydrogen-bond acceptors (Lipinski definition) is 3. The van der Waals surface area contributed by atoms with Crippen molar-refractivity contribution in [3.05, 3.63) is 23.6 Å². The van der Waals surface area contributed by atoms with Crippen LogP contribution in [0.1, 0.15) is 19.4 Å². The molecule has 2 unspecified atom stereocenters. The maximum absolute atomic E-state index is 14.1. The Hall–Kier alpha value is -0.870. The zero-order valence-electron chi connectivity index (χ0n) is 9.99. The molecule has 1 fully saturated rings. The molecule has 1 saturated heterocycles. The Morgan fingerprint density at radius 3 is 2.71 bits per heavy atom. The summed E-state index contributed by atoms with van der Waals surface area (Å²) >= 11 is 5.69. The van der Waals surface area contributed by atoms with E-state index in [-0.39, 0.29) is 23.9 Å². The lowest BCUT2D eigenvalue weighted by atomic mass is 10.2. The van der Waals surface area contributed by atoms with Gasteiger partial charge in [-0.05, 0) is 19.9 Å². The topological polar surface area (TPSA) is 25.4 Å². The second-order valence-electron chi connectivity index (χ2n) is 4.40. The molecule has 1 aliphatic rings. The van der Waals surface area contributed by atoms with Crippen LogP contribution in [0, 0.1) is 5.82 Å². The Labute approximate surface area is 106 Å². The highest BCUT2D eigenvalue weighted by Gasteiger charge is 2.25. The summed E-state index contributed by atoms with van der Waals surface area (Å²) in [6.45, 7) is 5.26. The summed E-state index contributed by atoms with van der Waals surface area (Å²) in [4.78, 5) is 6.04. The van der Waals surface area contributed by atoms with Crippen molar-refractivity contribution in [2.75, 3.05) is 18.0 Å². The minimum atomic E-state index is -0.316. The number of ether oxygens (including phenoxy) is 1. The van der Waals surface area contributed by atoms with Crippen LogP contribution in [-0.2, 0) is 10.6 Å². The van der Waals surface area contributed by atoms with E-state index in [0.29, 0.717) is 24.5 Å². The molecule has 0 radical (unpaired) electrons. The molecule has 0 amide bonds. The molecule has 3 nitrogen and oxygen atoms in total. The van der Waals surface area contributed by atoms with Crippen molar-refractivity contribution in [1.29, 1.82) is 0 Å². The fourth-order valence-corrected chi connectivity index (χ4v) is 2.35. The van der Waals surface area contributed by atoms with Gasteiger partial charge in [0.05, 0.1) is 18.1 Å². The molecule has 2 atom stereocenters. The lowest BCUT2D eigenvalue weighted by Crippen LogP contribution is -2.46. The van der Waals surface area contributed by atoms with Gasteiger partial charge in [-0.25, -0.2) is 9.37 Å². The lowest BCUT2D eigenvalue weighted by molar-refractivity contribution is -0.00565. The number of rotatable bonds is 2. The first-order valence-electron chi connectivity index (χ1n) is 5.71. The second kappa shape index (κ2) is 5.19. The van der Waals surface area contributed by atoms with E-state index in [1.54, 1.807) is 12.3 Å². The quantitative estimate of drug-likeness (QED) is 0.763. The summed E-state index contributed by atoms with van der Waals surface area (Å²) in [5.41, 5.74) is 0.489. The monoisotopic (exact) mass is 258 g/mol. The molecular weight excluding hydrogens is 243 g/mol. The van der Waals surface area contributed by atoms with Crippen molar-refractivity contribution in [2.45, 2.75) is 31.9 Å². The number of anilines is 1. The molecule has 5 heteroatoms. The Bertz CT molecular complexity index is 392. The molecule has 0 spiro atoms. The summed E-state index contributed by atoms with van der Waals surface area (Å²) in [5, 5.41) is 0. The molecule has 1 aromatic rings. The first-order chi connectivity index (χ1) is 8.11. The number of morpholine rings is 1. The van der Waals surface area contributed by atoms with E-state index >= 15 is 0 Å². The van der Waals surface area contributed by atoms with Crippen LogP contribution >= 0.6 is 11.6 Å². The molecular formula is C12H16ClFN2O. The predicted molar refractivity (Wildman–Crippen MR) is 66.0 cm³/mol. The van der Waals surface area contributed by atoms with Gasteiger partial charge < -0.3 is 9.64 Å². The SMILES string of the molecule is CC1CN(c2nccc(CCl)c2F)CC(C)O1. The van der Waals surface area contributed by atoms with Crippen LogP contribution in [0.15, 0.2) is 12.3 Å². The molecule has 94 valence electrons. The zero-order valence-corrected chi connectivity index (χ0v) is 10.7. The highest BCUT2D eigenvalue weighted by atomic mass is 35.5. The number of nitrogens with zero attached hydrogens (tertiary/aromatic N) is 2. The van der Waals surface area contributed by atoms with Gasteiger partial charge in [0.15, 0.2) is 11.6 Å². The molecule has 0 aromatic carbocycles. The third-order valence-electron chi connectivity index (χ3n) is 2.81. The summed E-state index contributed by atoms with van der Waals surface area (Å²) in [6.07, 6.45) is 1.76. The smallest absolute Gasteiger partial charge is 0.170 e. The van der Waals surface area contributed by atoms with Gasteiger partial charge in [0.1, 0.15) is 0 Å². The Morgan fingerprint density at radius 1 is 1.47 bits per heavy atom. The van der Waals surface area contributed by atoms with Crippen molar-refractivity contribution >= 4 is 17.4 Å². The molecule has 2 rings (SSSR count). The van der Waals surface area contributed by atoms with E-state index in [4.69, 9.17) is 16.3 Å². The average molecular weight is 259 g/mol. The fraction of sp³-hybridized carbons (Fsp3) is 0.583. The number of hydrogen-bond donors (Lipinski definition) is 0. The van der Waals surface area contributed by atoms with Crippen LogP contribution < -0.4 is 4.90 Å². The van der Waals surface area contributed by atoms with Crippen molar-refractivity contribution < 1.29 is 9.13 Å². The molecule has 0 saturated carbocycles. The Morgan fingerprint density at radius 2 is 2.12 bits per heavy atom. The van der Waals surface area contributed by atoms with Gasteiger partial charge in [-0.15, -0.1) is 11.6 Å². The zero-order chi connectivity index (χ0) is 12.4. The highest BCUT2D eigenvalue weighted by Crippen LogP contribution is 2.24. The Balaban J connectivity index is 2.27. The van der Waals surface area contributed by atoms with Crippen LogP contribution in [0.25, 0.3) is 0 Å². The predicted octanol–water partition coefficient (Wildman–Crippen LogP) is 2.57. The summed E-state index contributed by atoms with van der Waals surface area (Å²) < 4.78 is 19.7. The normalized spacial score (nSPS) is 25.1. The molecule has 17 heavy (non-hydrogen) atoms. The lowest BCUT2D eigenvalue weighted by Gasteiger charge is -2.36. The van der Waals surface area contributed by atoms with Crippen molar-refractivity contribution in [1.82, 2.24) is 4.98 Å². The molecule has 0 bridgehead atoms. The van der Waals surface area contributed by atoms with Crippen molar-refractivity contribution in [2.24, 2.45) is 0 Å². The van der Waals surface area contributed by atoms with E-state index in [2.05, 4.69) is 4.98 Å². The number of pyridine rings is 1. The van der Waals surface area contributed by atoms with Crippen LogP contribution in [0.4, 0.5) is 10.2 Å². The standard InChI is InChI=1S/C12H16ClFN2O/c1-8-6-16(7-9(2)17-8)12-11(14)10(5-13)3-4-15-12/h3-4,8-9H,5-7H2,1-2H3. The van der Waals surface area contributed by atoms with Crippen LogP contribution in [0.3, 0.4) is 0 Å². The largest absolute Gasteiger partial charge is 0.372 e. The van der Waals surface area contributed by atoms with Gasteiger partial charge in [-0.2, -0.15) is 0 Å². The average Bonchev–Trinajstić information content (AvgIpc) is 2.28. The number of alkyl halides is 1. The van der Waals surface area contributed by atoms with Gasteiger partial charge in [0.2, 0.25) is 0 Å². The highest BCUT2D eigenvalue weighted by molar-refractivity contribution is 6.17. The maximum Gasteiger partial charge on any atom is 0.170 e. The van der Waals surface area contributed by atoms with E-state index in [1.165, 1.54) is 0 Å². The van der Waals surface area contributed by atoms with Crippen molar-refractivity contribution in [3.63, 3.8) is 0 Å². The number of halogens is 2. The maximum atomic E-state index is 14.1. The van der Waals surface area contributed by atoms with Crippen molar-refractivity contribution in [3.8, 4) is 0 Å². The van der Waals surface area contributed by atoms with E-state index in [1.807, 2.05) is 18.7 Å². The fourth-order valence-electron chi connectivity index (χ4n) is 2.15. The molecule has 1 aromatic heterocycles. The molecule has 2 heterocycles. The minimum Gasteiger partial charge on any atom is -0.372 e. The molecule has 1 aliphatic heterocycles. The van der Waals surface area contributed by atoms with Gasteiger partial charge in [0, 0.05) is 24.8 Å². The van der Waals surface area contributed by atoms with E-state index in [9.17, 15) is 4.39 Å². The summed E-state index contributed by atoms with van der Waals surface area (Å²) in [7, 11) is 0. The number of aromatic nitrogens is 1. The summed E-state index contributed by atoms with van der Waals surface area (Å²) in [5.74, 6) is 0.227. The van der Waals surface area contributed by atoms with E-state index < -0.39 is 0 Å². The van der Waals surface area contributed by atoms with Gasteiger partial charge in [-0.1, -0.05) is 0 Å². The van der Waals surface area contributed by atoms with Crippen LogP contribution in [-0.4, -0.2) is 30.3 Å². The van der Waals surface area contributed by atoms with Crippen LogP contribution in [0.5, 0.6) is 0 Å². The van der Waals surface area contributed by atoms with Gasteiger partial charge in [-0.3, -0.25) is 0 Å². The Kier molecular flexibility index (Phi) is 3.84. The second-order valence-corrected chi connectivity index (χ2v) is 4.67. The van der Waals surface area contributed by atoms with Gasteiger partial charge in [0.25, 0.3) is 0 Å². The molecule has 0 aliphatic carbocycles. The van der Waals surface area contributed by atoms with Crippen LogP contribution in [0.2, 0.25) is 0 Å². The first-order valence-corrected chi connectivity index (χ1v) is 6.25. The third kappa shape index (κ3) is 2.69. The van der Waals surface area contributed by atoms with E-state index in [0.717, 1.165) is 0 Å². The minimum absolute atomic E-state index is 0.0830.